The van der Waals surface area contributed by atoms with Crippen LogP contribution in [0.1, 0.15) is 46.3 Å². The molecule has 0 saturated carbocycles. The summed E-state index contributed by atoms with van der Waals surface area (Å²) < 4.78 is 55.9. The van der Waals surface area contributed by atoms with E-state index in [1.54, 1.807) is 30.3 Å². The van der Waals surface area contributed by atoms with Crippen molar-refractivity contribution in [2.45, 2.75) is 24.9 Å². The highest BCUT2D eigenvalue weighted by Crippen LogP contribution is 2.57. The zero-order valence-electron chi connectivity index (χ0n) is 35.7. The molecule has 0 aliphatic carbocycles. The number of hydrogen-bond acceptors (Lipinski definition) is 18. The van der Waals surface area contributed by atoms with E-state index in [1.165, 1.54) is 24.3 Å². The van der Waals surface area contributed by atoms with Crippen molar-refractivity contribution < 1.29 is 81.6 Å². The lowest BCUT2D eigenvalue weighted by Crippen LogP contribution is -2.33. The first kappa shape index (κ1) is 49.0. The lowest BCUT2D eigenvalue weighted by atomic mass is 9.77. The van der Waals surface area contributed by atoms with E-state index in [0.29, 0.717) is 149 Å². The van der Waals surface area contributed by atoms with Crippen LogP contribution in [0.4, 0.5) is 5.69 Å². The molecule has 0 atom stereocenters. The molecule has 0 unspecified atom stereocenters. The number of ether oxygens (including phenoxy) is 10. The minimum absolute atomic E-state index is 0.0194. The third-order valence-corrected chi connectivity index (χ3v) is 10.1. The first-order valence-corrected chi connectivity index (χ1v) is 21.5. The molecule has 3 aromatic carbocycles. The zero-order chi connectivity index (χ0) is 45.9. The molecular weight excluding hydrogens is 875 g/mol. The lowest BCUT2D eigenvalue weighted by molar-refractivity contribution is -0.198. The quantitative estimate of drug-likeness (QED) is 0.0339. The minimum atomic E-state index is -1.34. The average Bonchev–Trinajstić information content (AvgIpc) is 3.75. The number of imide groups is 1. The highest BCUT2D eigenvalue weighted by atomic mass is 32.1. The number of anilines is 1. The number of aromatic hydroxyl groups is 2. The maximum Gasteiger partial charge on any atom is 0.340 e. The van der Waals surface area contributed by atoms with Crippen LogP contribution in [0, 0.1) is 0 Å². The maximum atomic E-state index is 13.4. The fraction of sp³-hybridized carbons (Fsp3) is 0.477. The zero-order valence-corrected chi connectivity index (χ0v) is 36.5. The van der Waals surface area contributed by atoms with Crippen LogP contribution in [0.15, 0.2) is 54.6 Å². The topological polar surface area (TPSA) is 238 Å². The van der Waals surface area contributed by atoms with Gasteiger partial charge >= 0.3 is 11.9 Å². The number of rotatable bonds is 29. The van der Waals surface area contributed by atoms with Gasteiger partial charge in [-0.15, -0.1) is 5.06 Å². The number of amides is 2. The SMILES string of the molecule is O=C(CCOCCOCCOCCOCCOCCOCCOCCOCCNC(=S)Nc1ccc2c(c1)C(=O)OC21c2ccc(O)cc2Oc2cc(O)ccc21)ON1C(=O)CCC1=O. The molecule has 65 heavy (non-hydrogen) atoms. The molecule has 1 spiro atoms. The predicted molar refractivity (Wildman–Crippen MR) is 231 cm³/mol. The molecular formula is C44H53N3O17S. The standard InChI is InChI=1S/C44H53N3O17S/c48-31-2-5-35-37(28-31)62-38-29-32(49)3-6-36(38)44(35)34-4-1-30(27-33(34)42(53)63-44)46-43(65)45-10-12-55-14-16-57-18-20-59-22-24-61-26-25-60-23-21-58-19-17-56-15-13-54-11-9-41(52)64-47-39(50)7-8-40(47)51/h1-6,27-29,48-49H,7-26H2,(H2,45,46,65). The van der Waals surface area contributed by atoms with Crippen LogP contribution in [-0.4, -0.2) is 156 Å². The van der Waals surface area contributed by atoms with Crippen molar-refractivity contribution in [3.8, 4) is 23.0 Å². The second-order valence-corrected chi connectivity index (χ2v) is 14.8. The first-order valence-electron chi connectivity index (χ1n) is 21.1. The Morgan fingerprint density at radius 3 is 1.55 bits per heavy atom. The van der Waals surface area contributed by atoms with Gasteiger partial charge in [-0.1, -0.05) is 6.07 Å². The number of phenols is 2. The van der Waals surface area contributed by atoms with Crippen LogP contribution in [0.3, 0.4) is 0 Å². The van der Waals surface area contributed by atoms with Gasteiger partial charge in [0, 0.05) is 53.9 Å². The Labute approximate surface area is 380 Å². The Kier molecular flexibility index (Phi) is 19.0. The molecule has 1 fully saturated rings. The van der Waals surface area contributed by atoms with Gasteiger partial charge in [-0.05, 0) is 48.6 Å². The van der Waals surface area contributed by atoms with Gasteiger partial charge in [0.25, 0.3) is 11.8 Å². The molecule has 4 N–H and O–H groups in total. The summed E-state index contributed by atoms with van der Waals surface area (Å²) >= 11 is 5.46. The van der Waals surface area contributed by atoms with E-state index in [4.69, 9.17) is 64.4 Å². The van der Waals surface area contributed by atoms with Crippen molar-refractivity contribution in [2.75, 3.05) is 118 Å². The first-order chi connectivity index (χ1) is 31.7. The number of benzene rings is 3. The Balaban J connectivity index is 0.700. The second kappa shape index (κ2) is 25.3. The van der Waals surface area contributed by atoms with Crippen LogP contribution in [0.2, 0.25) is 0 Å². The molecule has 3 heterocycles. The van der Waals surface area contributed by atoms with Gasteiger partial charge in [0.2, 0.25) is 0 Å². The van der Waals surface area contributed by atoms with E-state index in [1.807, 2.05) is 0 Å². The van der Waals surface area contributed by atoms with Crippen LogP contribution < -0.4 is 15.4 Å². The van der Waals surface area contributed by atoms with E-state index >= 15 is 0 Å². The molecule has 21 heteroatoms. The summed E-state index contributed by atoms with van der Waals surface area (Å²) in [4.78, 5) is 52.7. The average molecular weight is 928 g/mol. The van der Waals surface area contributed by atoms with Crippen molar-refractivity contribution in [3.63, 3.8) is 0 Å². The number of phenolic OH excluding ortho intramolecular Hbond substituents is 2. The Morgan fingerprint density at radius 1 is 0.615 bits per heavy atom. The smallest absolute Gasteiger partial charge is 0.340 e. The number of nitrogens with zero attached hydrogens (tertiary/aromatic N) is 1. The van der Waals surface area contributed by atoms with Crippen molar-refractivity contribution in [2.24, 2.45) is 0 Å². The molecule has 1 saturated heterocycles. The third-order valence-electron chi connectivity index (χ3n) is 9.82. The summed E-state index contributed by atoms with van der Waals surface area (Å²) in [5.74, 6) is -1.73. The van der Waals surface area contributed by atoms with Gasteiger partial charge in [-0.3, -0.25) is 9.59 Å². The van der Waals surface area contributed by atoms with E-state index in [9.17, 15) is 29.4 Å². The molecule has 352 valence electrons. The van der Waals surface area contributed by atoms with Gasteiger partial charge in [0.1, 0.15) is 23.0 Å². The summed E-state index contributed by atoms with van der Waals surface area (Å²) in [6, 6.07) is 14.5. The number of fused-ring (bicyclic) bond motifs is 6. The number of carbonyl (C=O) groups is 4. The van der Waals surface area contributed by atoms with E-state index < -0.39 is 29.4 Å². The fourth-order valence-corrected chi connectivity index (χ4v) is 7.02. The fourth-order valence-electron chi connectivity index (χ4n) is 6.80. The molecule has 0 aromatic heterocycles. The molecule has 0 bridgehead atoms. The van der Waals surface area contributed by atoms with Crippen LogP contribution in [-0.2, 0) is 67.5 Å². The highest BCUT2D eigenvalue weighted by molar-refractivity contribution is 7.80. The lowest BCUT2D eigenvalue weighted by Gasteiger charge is -2.36. The van der Waals surface area contributed by atoms with Crippen molar-refractivity contribution >= 4 is 46.8 Å². The van der Waals surface area contributed by atoms with Crippen molar-refractivity contribution in [1.82, 2.24) is 10.4 Å². The van der Waals surface area contributed by atoms with Crippen LogP contribution in [0.25, 0.3) is 0 Å². The summed E-state index contributed by atoms with van der Waals surface area (Å²) in [7, 11) is 0. The third kappa shape index (κ3) is 14.0. The number of hydrogen-bond donors (Lipinski definition) is 4. The van der Waals surface area contributed by atoms with Crippen LogP contribution in [0.5, 0.6) is 23.0 Å². The summed E-state index contributed by atoms with van der Waals surface area (Å²) in [5, 5.41) is 27.3. The molecule has 3 aliphatic heterocycles. The van der Waals surface area contributed by atoms with Crippen molar-refractivity contribution in [1.29, 1.82) is 0 Å². The molecule has 6 rings (SSSR count). The van der Waals surface area contributed by atoms with E-state index in [0.717, 1.165) is 0 Å². The summed E-state index contributed by atoms with van der Waals surface area (Å²) in [6.45, 7) is 6.42. The predicted octanol–water partition coefficient (Wildman–Crippen LogP) is 3.08. The van der Waals surface area contributed by atoms with E-state index in [2.05, 4.69) is 10.6 Å². The number of thiocarbonyl (C=S) groups is 1. The summed E-state index contributed by atoms with van der Waals surface area (Å²) in [6.07, 6.45) is 0.00641. The van der Waals surface area contributed by atoms with Gasteiger partial charge in [-0.25, -0.2) is 9.59 Å². The normalized spacial score (nSPS) is 14.5. The Bertz CT molecular complexity index is 2040. The van der Waals surface area contributed by atoms with Gasteiger partial charge in [-0.2, -0.15) is 0 Å². The Morgan fingerprint density at radius 2 is 1.06 bits per heavy atom. The van der Waals surface area contributed by atoms with E-state index in [-0.39, 0.29) is 44.0 Å². The number of nitrogens with one attached hydrogen (secondary N) is 2. The van der Waals surface area contributed by atoms with Gasteiger partial charge in [0.05, 0.1) is 118 Å². The number of esters is 1. The van der Waals surface area contributed by atoms with Gasteiger partial charge in [0.15, 0.2) is 10.7 Å². The molecule has 3 aromatic rings. The maximum absolute atomic E-state index is 13.4. The number of carbonyl (C=O) groups excluding carboxylic acids is 4. The molecule has 3 aliphatic rings. The largest absolute Gasteiger partial charge is 0.508 e. The van der Waals surface area contributed by atoms with Crippen LogP contribution >= 0.6 is 12.2 Å². The van der Waals surface area contributed by atoms with Gasteiger partial charge < -0.3 is 73.1 Å². The number of hydroxylamine groups is 2. The molecule has 0 radical (unpaired) electrons. The Hall–Kier alpha value is -5.49. The molecule has 2 amide bonds. The second-order valence-electron chi connectivity index (χ2n) is 14.4. The monoisotopic (exact) mass is 927 g/mol. The molecule has 20 nitrogen and oxygen atoms in total. The highest BCUT2D eigenvalue weighted by Gasteiger charge is 2.53. The van der Waals surface area contributed by atoms with Crippen molar-refractivity contribution in [3.05, 3.63) is 76.9 Å². The minimum Gasteiger partial charge on any atom is -0.508 e. The summed E-state index contributed by atoms with van der Waals surface area (Å²) in [5.41, 5.74) is 1.24.